The Labute approximate surface area is 59.7 Å². The highest BCUT2D eigenvalue weighted by Gasteiger charge is 2.42. The molecule has 1 rings (SSSR count). The molecule has 1 heterocycles. The van der Waals surface area contributed by atoms with Crippen LogP contribution in [0.1, 0.15) is 5.82 Å². The Kier molecular flexibility index (Phi) is 1.67. The molecular formula is C5H3F3N2O. The third-order valence-corrected chi connectivity index (χ3v) is 0.967. The first-order valence-corrected chi connectivity index (χ1v) is 2.63. The van der Waals surface area contributed by atoms with Crippen molar-refractivity contribution in [3.05, 3.63) is 29.5 Å². The van der Waals surface area contributed by atoms with Crippen LogP contribution in [-0.2, 0) is 6.18 Å². The van der Waals surface area contributed by atoms with Gasteiger partial charge in [-0.05, 0) is 4.98 Å². The number of rotatable bonds is 0. The van der Waals surface area contributed by atoms with Crippen molar-refractivity contribution >= 4 is 0 Å². The highest BCUT2D eigenvalue weighted by atomic mass is 19.4. The fraction of sp³-hybridized carbons (Fsp3) is 0.200. The molecule has 1 aromatic heterocycles. The van der Waals surface area contributed by atoms with Gasteiger partial charge in [-0.3, -0.25) is 0 Å². The van der Waals surface area contributed by atoms with Crippen molar-refractivity contribution in [2.24, 2.45) is 0 Å². The summed E-state index contributed by atoms with van der Waals surface area (Å²) >= 11 is 0. The first-order valence-electron chi connectivity index (χ1n) is 2.63. The van der Waals surface area contributed by atoms with Gasteiger partial charge in [-0.1, -0.05) is 0 Å². The van der Waals surface area contributed by atoms with Crippen molar-refractivity contribution < 1.29 is 17.9 Å². The first kappa shape index (κ1) is 7.77. The molecule has 0 bridgehead atoms. The Bertz CT molecular complexity index is 260. The SMILES string of the molecule is [O-][n+]1cccnc1C(F)(F)F. The summed E-state index contributed by atoms with van der Waals surface area (Å²) in [6, 6.07) is 1.13. The summed E-state index contributed by atoms with van der Waals surface area (Å²) in [4.78, 5) is 2.88. The van der Waals surface area contributed by atoms with Gasteiger partial charge in [0.05, 0.1) is 6.20 Å². The molecule has 1 aromatic rings. The van der Waals surface area contributed by atoms with Gasteiger partial charge in [0.15, 0.2) is 0 Å². The molecule has 60 valence electrons. The number of alkyl halides is 3. The summed E-state index contributed by atoms with van der Waals surface area (Å²) in [6.45, 7) is 0. The van der Waals surface area contributed by atoms with Gasteiger partial charge in [0.1, 0.15) is 6.20 Å². The van der Waals surface area contributed by atoms with E-state index in [1.54, 1.807) is 0 Å². The fourth-order valence-corrected chi connectivity index (χ4v) is 0.556. The average Bonchev–Trinajstić information content (AvgIpc) is 1.86. The van der Waals surface area contributed by atoms with Crippen LogP contribution in [0.15, 0.2) is 18.5 Å². The van der Waals surface area contributed by atoms with Gasteiger partial charge in [-0.25, -0.2) is 4.73 Å². The standard InChI is InChI=1S/C5H3F3N2O/c6-5(7,8)4-9-2-1-3-10(4)11/h1-3H. The van der Waals surface area contributed by atoms with Gasteiger partial charge in [0, 0.05) is 6.07 Å². The molecule has 0 saturated carbocycles. The van der Waals surface area contributed by atoms with E-state index in [-0.39, 0.29) is 4.73 Å². The average molecular weight is 164 g/mol. The number of hydrogen-bond donors (Lipinski definition) is 0. The Hall–Kier alpha value is -1.33. The molecule has 3 nitrogen and oxygen atoms in total. The molecule has 0 radical (unpaired) electrons. The van der Waals surface area contributed by atoms with Gasteiger partial charge in [0.2, 0.25) is 0 Å². The number of aromatic nitrogens is 2. The maximum absolute atomic E-state index is 11.8. The van der Waals surface area contributed by atoms with Crippen LogP contribution in [0.3, 0.4) is 0 Å². The van der Waals surface area contributed by atoms with Gasteiger partial charge in [-0.15, -0.1) is 0 Å². The fourth-order valence-electron chi connectivity index (χ4n) is 0.556. The smallest absolute Gasteiger partial charge is 0.499 e. The van der Waals surface area contributed by atoms with E-state index in [1.165, 1.54) is 0 Å². The van der Waals surface area contributed by atoms with E-state index < -0.39 is 12.0 Å². The quantitative estimate of drug-likeness (QED) is 0.419. The van der Waals surface area contributed by atoms with Crippen molar-refractivity contribution in [3.63, 3.8) is 0 Å². The van der Waals surface area contributed by atoms with Crippen LogP contribution in [0.25, 0.3) is 0 Å². The normalized spacial score (nSPS) is 11.5. The second-order valence-corrected chi connectivity index (χ2v) is 1.77. The van der Waals surface area contributed by atoms with E-state index >= 15 is 0 Å². The van der Waals surface area contributed by atoms with Crippen molar-refractivity contribution in [1.82, 2.24) is 4.98 Å². The molecule has 6 heteroatoms. The maximum Gasteiger partial charge on any atom is 0.499 e. The summed E-state index contributed by atoms with van der Waals surface area (Å²) < 4.78 is 35.0. The molecule has 11 heavy (non-hydrogen) atoms. The number of hydrogen-bond acceptors (Lipinski definition) is 2. The van der Waals surface area contributed by atoms with E-state index in [2.05, 4.69) is 4.98 Å². The largest absolute Gasteiger partial charge is 0.711 e. The third-order valence-electron chi connectivity index (χ3n) is 0.967. The lowest BCUT2D eigenvalue weighted by Crippen LogP contribution is -2.37. The lowest BCUT2D eigenvalue weighted by atomic mass is 10.5. The molecule has 0 aliphatic carbocycles. The van der Waals surface area contributed by atoms with Crippen LogP contribution >= 0.6 is 0 Å². The highest BCUT2D eigenvalue weighted by Crippen LogP contribution is 2.23. The van der Waals surface area contributed by atoms with Crippen molar-refractivity contribution in [2.75, 3.05) is 0 Å². The second-order valence-electron chi connectivity index (χ2n) is 1.77. The number of halogens is 3. The Morgan fingerprint density at radius 2 is 2.09 bits per heavy atom. The van der Waals surface area contributed by atoms with Crippen LogP contribution in [0.4, 0.5) is 13.2 Å². The Morgan fingerprint density at radius 1 is 1.45 bits per heavy atom. The van der Waals surface area contributed by atoms with Crippen molar-refractivity contribution in [2.45, 2.75) is 6.18 Å². The van der Waals surface area contributed by atoms with Crippen molar-refractivity contribution in [1.29, 1.82) is 0 Å². The predicted octanol–water partition coefficient (Wildman–Crippen LogP) is 0.734. The van der Waals surface area contributed by atoms with E-state index in [4.69, 9.17) is 0 Å². The monoisotopic (exact) mass is 164 g/mol. The van der Waals surface area contributed by atoms with Crippen LogP contribution < -0.4 is 4.73 Å². The van der Waals surface area contributed by atoms with E-state index in [9.17, 15) is 18.4 Å². The zero-order valence-corrected chi connectivity index (χ0v) is 5.17. The Balaban J connectivity index is 3.14. The minimum Gasteiger partial charge on any atom is -0.711 e. The molecule has 0 N–H and O–H groups in total. The molecule has 0 atom stereocenters. The molecule has 0 fully saturated rings. The molecular weight excluding hydrogens is 161 g/mol. The summed E-state index contributed by atoms with van der Waals surface area (Å²) in [5.41, 5.74) is 0. The molecule has 0 saturated heterocycles. The molecule has 0 amide bonds. The zero-order chi connectivity index (χ0) is 8.48. The van der Waals surface area contributed by atoms with Crippen LogP contribution in [0.5, 0.6) is 0 Å². The molecule has 0 aliphatic heterocycles. The second kappa shape index (κ2) is 2.37. The van der Waals surface area contributed by atoms with E-state index in [0.29, 0.717) is 0 Å². The van der Waals surface area contributed by atoms with Gasteiger partial charge < -0.3 is 5.21 Å². The van der Waals surface area contributed by atoms with E-state index in [0.717, 1.165) is 18.5 Å². The lowest BCUT2D eigenvalue weighted by molar-refractivity contribution is -0.633. The summed E-state index contributed by atoms with van der Waals surface area (Å²) in [5, 5.41) is 10.4. The summed E-state index contributed by atoms with van der Waals surface area (Å²) in [6.07, 6.45) is -3.02. The minimum atomic E-state index is -4.68. The molecule has 0 unspecified atom stereocenters. The van der Waals surface area contributed by atoms with Crippen molar-refractivity contribution in [3.8, 4) is 0 Å². The van der Waals surface area contributed by atoms with Crippen LogP contribution in [0.2, 0.25) is 0 Å². The summed E-state index contributed by atoms with van der Waals surface area (Å²) in [5.74, 6) is -1.44. The predicted molar refractivity (Wildman–Crippen MR) is 28.2 cm³/mol. The van der Waals surface area contributed by atoms with Gasteiger partial charge >= 0.3 is 12.0 Å². The summed E-state index contributed by atoms with van der Waals surface area (Å²) in [7, 11) is 0. The molecule has 0 spiro atoms. The molecule has 0 aliphatic rings. The van der Waals surface area contributed by atoms with Crippen LogP contribution in [-0.4, -0.2) is 4.98 Å². The highest BCUT2D eigenvalue weighted by molar-refractivity contribution is 4.84. The first-order chi connectivity index (χ1) is 5.02. The third kappa shape index (κ3) is 1.57. The van der Waals surface area contributed by atoms with Crippen LogP contribution in [0, 0.1) is 5.21 Å². The number of nitrogens with zero attached hydrogens (tertiary/aromatic N) is 2. The Morgan fingerprint density at radius 3 is 2.45 bits per heavy atom. The van der Waals surface area contributed by atoms with E-state index in [1.807, 2.05) is 0 Å². The topological polar surface area (TPSA) is 39.8 Å². The minimum absolute atomic E-state index is 0.319. The zero-order valence-electron chi connectivity index (χ0n) is 5.17. The van der Waals surface area contributed by atoms with Gasteiger partial charge in [0.25, 0.3) is 0 Å². The molecule has 0 aromatic carbocycles. The maximum atomic E-state index is 11.8. The van der Waals surface area contributed by atoms with Gasteiger partial charge in [-0.2, -0.15) is 13.2 Å². The lowest BCUT2D eigenvalue weighted by Gasteiger charge is -2.05.